The highest BCUT2D eigenvalue weighted by atomic mass is 19.3. The molecule has 4 aliphatic rings. The number of carbonyl (C=O) groups is 3. The van der Waals surface area contributed by atoms with Crippen LogP contribution in [0.2, 0.25) is 0 Å². The number of piperidine rings is 2. The van der Waals surface area contributed by atoms with Crippen molar-refractivity contribution in [3.05, 3.63) is 72.7 Å². The number of nitrogens with zero attached hydrogens (tertiary/aromatic N) is 11. The zero-order valence-corrected chi connectivity index (χ0v) is 35.0. The first kappa shape index (κ1) is 41.0. The Kier molecular flexibility index (Phi) is 11.4. The van der Waals surface area contributed by atoms with Crippen molar-refractivity contribution in [1.82, 2.24) is 54.2 Å². The highest BCUT2D eigenvalue weighted by Crippen LogP contribution is 2.37. The molecule has 1 atom stereocenters. The molecule has 330 valence electrons. The second-order valence-corrected chi connectivity index (χ2v) is 17.4. The predicted octanol–water partition coefficient (Wildman–Crippen LogP) is 5.68. The van der Waals surface area contributed by atoms with E-state index in [9.17, 15) is 23.2 Å². The molecule has 1 saturated carbocycles. The first-order valence-corrected chi connectivity index (χ1v) is 22.1. The van der Waals surface area contributed by atoms with Crippen LogP contribution in [0.15, 0.2) is 61.4 Å². The number of alkyl halides is 2. The summed E-state index contributed by atoms with van der Waals surface area (Å²) in [6.45, 7) is 6.64. The highest BCUT2D eigenvalue weighted by Gasteiger charge is 2.32. The second kappa shape index (κ2) is 17.6. The number of fused-ring (bicyclic) bond motifs is 2. The van der Waals surface area contributed by atoms with E-state index in [-0.39, 0.29) is 29.1 Å². The number of nitrogens with one attached hydrogen (secondary N) is 2. The maximum atomic E-state index is 14.3. The number of hydrogen-bond acceptors (Lipinski definition) is 11. The number of amides is 3. The molecule has 8 heterocycles. The molecular weight excluding hydrogens is 813 g/mol. The lowest BCUT2D eigenvalue weighted by atomic mass is 9.85. The molecule has 0 bridgehead atoms. The summed E-state index contributed by atoms with van der Waals surface area (Å²) in [4.78, 5) is 47.2. The van der Waals surface area contributed by atoms with E-state index in [2.05, 4.69) is 41.9 Å². The summed E-state index contributed by atoms with van der Waals surface area (Å²) in [7, 11) is 0. The molecule has 3 saturated heterocycles. The van der Waals surface area contributed by atoms with Gasteiger partial charge in [0.25, 0.3) is 18.2 Å². The van der Waals surface area contributed by atoms with E-state index >= 15 is 0 Å². The molecule has 1 aliphatic carbocycles. The van der Waals surface area contributed by atoms with Crippen molar-refractivity contribution >= 4 is 45.8 Å². The summed E-state index contributed by atoms with van der Waals surface area (Å²) in [6.07, 6.45) is 15.0. The van der Waals surface area contributed by atoms with Crippen LogP contribution in [0.5, 0.6) is 0 Å². The number of carbonyl (C=O) groups excluding carboxylic acids is 3. The van der Waals surface area contributed by atoms with E-state index in [0.29, 0.717) is 55.9 Å². The van der Waals surface area contributed by atoms with E-state index in [1.807, 2.05) is 35.1 Å². The van der Waals surface area contributed by atoms with Crippen molar-refractivity contribution in [2.45, 2.75) is 82.8 Å². The SMILES string of the molecule is O=C1CCC(n2ncc3c(-c4cnn(CC5CCN(CC6CCC(n7cc(NC(=O)c8cnn9ccc(N%10CCCOCC%10)nc89)c(C(F)F)n7)CC6)CC5)c4)cccc32)C(=O)N1. The number of anilines is 2. The predicted molar refractivity (Wildman–Crippen MR) is 228 cm³/mol. The summed E-state index contributed by atoms with van der Waals surface area (Å²) < 4.78 is 41.1. The second-order valence-electron chi connectivity index (χ2n) is 17.4. The van der Waals surface area contributed by atoms with E-state index < -0.39 is 24.1 Å². The van der Waals surface area contributed by atoms with E-state index in [4.69, 9.17) is 14.8 Å². The Morgan fingerprint density at radius 1 is 0.889 bits per heavy atom. The van der Waals surface area contributed by atoms with Crippen LogP contribution >= 0.6 is 0 Å². The number of hydrogen-bond donors (Lipinski definition) is 2. The van der Waals surface area contributed by atoms with E-state index in [0.717, 1.165) is 99.7 Å². The van der Waals surface area contributed by atoms with Crippen molar-refractivity contribution in [1.29, 1.82) is 0 Å². The molecule has 0 radical (unpaired) electrons. The number of likely N-dealkylation sites (tertiary alicyclic amines) is 1. The Balaban J connectivity index is 0.710. The van der Waals surface area contributed by atoms with Crippen LogP contribution < -0.4 is 15.5 Å². The van der Waals surface area contributed by atoms with Crippen molar-refractivity contribution < 1.29 is 27.9 Å². The van der Waals surface area contributed by atoms with Gasteiger partial charge in [0.15, 0.2) is 11.3 Å². The van der Waals surface area contributed by atoms with Crippen LogP contribution in [0.25, 0.3) is 27.7 Å². The van der Waals surface area contributed by atoms with Gasteiger partial charge in [0.05, 0.1) is 42.4 Å². The van der Waals surface area contributed by atoms with Gasteiger partial charge >= 0.3 is 0 Å². The van der Waals surface area contributed by atoms with Gasteiger partial charge in [-0.3, -0.25) is 33.7 Å². The maximum Gasteiger partial charge on any atom is 0.284 e. The monoisotopic (exact) mass is 863 g/mol. The summed E-state index contributed by atoms with van der Waals surface area (Å²) in [6, 6.07) is 7.27. The van der Waals surface area contributed by atoms with Crippen LogP contribution in [0.1, 0.15) is 92.3 Å². The summed E-state index contributed by atoms with van der Waals surface area (Å²) >= 11 is 0. The fourth-order valence-corrected chi connectivity index (χ4v) is 9.87. The zero-order valence-electron chi connectivity index (χ0n) is 35.0. The van der Waals surface area contributed by atoms with Crippen molar-refractivity contribution in [3.8, 4) is 11.1 Å². The zero-order chi connectivity index (χ0) is 43.0. The van der Waals surface area contributed by atoms with E-state index in [1.54, 1.807) is 28.0 Å². The molecule has 5 aromatic heterocycles. The van der Waals surface area contributed by atoms with Gasteiger partial charge in [-0.2, -0.15) is 20.4 Å². The van der Waals surface area contributed by atoms with E-state index in [1.165, 1.54) is 10.7 Å². The van der Waals surface area contributed by atoms with Crippen molar-refractivity contribution in [3.63, 3.8) is 0 Å². The third-order valence-corrected chi connectivity index (χ3v) is 13.3. The van der Waals surface area contributed by atoms with Crippen LogP contribution in [0.3, 0.4) is 0 Å². The number of benzene rings is 1. The van der Waals surface area contributed by atoms with Crippen LogP contribution in [0.4, 0.5) is 20.3 Å². The highest BCUT2D eigenvalue weighted by molar-refractivity contribution is 6.08. The van der Waals surface area contributed by atoms with Gasteiger partial charge < -0.3 is 19.9 Å². The summed E-state index contributed by atoms with van der Waals surface area (Å²) in [5, 5.41) is 23.9. The smallest absolute Gasteiger partial charge is 0.284 e. The number of aromatic nitrogens is 9. The van der Waals surface area contributed by atoms with Gasteiger partial charge in [-0.05, 0) is 94.0 Å². The fraction of sp³-hybridized carbons (Fsp3) is 0.500. The van der Waals surface area contributed by atoms with Crippen LogP contribution in [0, 0.1) is 11.8 Å². The van der Waals surface area contributed by atoms with Crippen LogP contribution in [-0.2, 0) is 20.9 Å². The van der Waals surface area contributed by atoms with Gasteiger partial charge in [0.2, 0.25) is 5.91 Å². The first-order chi connectivity index (χ1) is 30.7. The lowest BCUT2D eigenvalue weighted by Gasteiger charge is -2.36. The summed E-state index contributed by atoms with van der Waals surface area (Å²) in [5.41, 5.74) is 2.95. The fourth-order valence-electron chi connectivity index (χ4n) is 9.87. The molecule has 10 rings (SSSR count). The minimum atomic E-state index is -2.85. The molecule has 3 aliphatic heterocycles. The molecule has 0 spiro atoms. The normalized spacial score (nSPS) is 22.0. The number of imide groups is 1. The molecular formula is C44H51F2N13O4. The molecule has 19 heteroatoms. The van der Waals surface area contributed by atoms with Gasteiger partial charge in [-0.1, -0.05) is 12.1 Å². The maximum absolute atomic E-state index is 14.3. The Labute approximate surface area is 361 Å². The van der Waals surface area contributed by atoms with Gasteiger partial charge in [0.1, 0.15) is 17.4 Å². The minimum absolute atomic E-state index is 0.00269. The Morgan fingerprint density at radius 2 is 1.73 bits per heavy atom. The average Bonchev–Trinajstić information content (AvgIpc) is 4.08. The largest absolute Gasteiger partial charge is 0.380 e. The molecule has 1 aromatic carbocycles. The molecule has 4 fully saturated rings. The number of rotatable bonds is 11. The molecule has 63 heavy (non-hydrogen) atoms. The minimum Gasteiger partial charge on any atom is -0.380 e. The van der Waals surface area contributed by atoms with Gasteiger partial charge in [-0.15, -0.1) is 0 Å². The number of halogens is 2. The topological polar surface area (TPSA) is 175 Å². The van der Waals surface area contributed by atoms with Gasteiger partial charge in [0, 0.05) is 68.7 Å². The third-order valence-electron chi connectivity index (χ3n) is 13.3. The molecule has 6 aromatic rings. The van der Waals surface area contributed by atoms with Gasteiger partial charge in [-0.25, -0.2) is 18.3 Å². The van der Waals surface area contributed by atoms with Crippen LogP contribution in [-0.4, -0.2) is 112 Å². The molecule has 2 N–H and O–H groups in total. The Bertz CT molecular complexity index is 2610. The lowest BCUT2D eigenvalue weighted by molar-refractivity contribution is -0.135. The third kappa shape index (κ3) is 8.55. The molecule has 1 unspecified atom stereocenters. The average molecular weight is 864 g/mol. The van der Waals surface area contributed by atoms with Crippen molar-refractivity contribution in [2.24, 2.45) is 11.8 Å². The molecule has 3 amide bonds. The Morgan fingerprint density at radius 3 is 2.56 bits per heavy atom. The lowest BCUT2D eigenvalue weighted by Crippen LogP contribution is -2.42. The van der Waals surface area contributed by atoms with Crippen molar-refractivity contribution in [2.75, 3.05) is 56.2 Å². The Hall–Kier alpha value is -6.08. The standard InChI is InChI=1S/C44H51F2N13O4/c45-41(46)40-35(50-43(61)34-23-48-57-17-13-38(51-42(34)57)55-14-2-19-63-20-18-55)27-58(53-40)31-7-5-28(6-8-31)24-54-15-11-29(12-16-54)25-56-26-30(21-47-56)32-3-1-4-36-33(32)22-49-59(36)37-9-10-39(60)52-44(37)62/h1,3-4,13,17,21-23,26-29,31,37,41H,2,5-12,14-16,18-20,24-25H2,(H,50,61)(H,52,60,62). The number of ether oxygens (including phenoxy) is 1. The summed E-state index contributed by atoms with van der Waals surface area (Å²) in [5.74, 6) is 0.602. The quantitative estimate of drug-likeness (QED) is 0.154. The first-order valence-electron chi connectivity index (χ1n) is 22.1. The molecule has 17 nitrogen and oxygen atoms in total.